The first-order valence-corrected chi connectivity index (χ1v) is 4.92. The molecule has 0 aromatic heterocycles. The third-order valence-corrected chi connectivity index (χ3v) is 3.15. The van der Waals surface area contributed by atoms with Crippen molar-refractivity contribution in [1.82, 2.24) is 0 Å². The maximum absolute atomic E-state index is 11.6. The molecular formula is C12H12O3. The number of fused-ring (bicyclic) bond motifs is 1. The third-order valence-electron chi connectivity index (χ3n) is 3.15. The molecule has 78 valence electrons. The molecule has 1 aliphatic carbocycles. The van der Waals surface area contributed by atoms with E-state index in [4.69, 9.17) is 0 Å². The Hall–Kier alpha value is -1.64. The standard InChI is InChI=1S/C12H12O3/c1-12(11(14)15)7-6-10(13)8-4-2-3-5-9(8)12/h2-5H,6-7H2,1H3,(H,14,15)/t12-/m0/s1. The van der Waals surface area contributed by atoms with Crippen molar-refractivity contribution in [1.29, 1.82) is 0 Å². The Labute approximate surface area is 87.7 Å². The molecule has 1 aromatic rings. The highest BCUT2D eigenvalue weighted by Crippen LogP contribution is 2.37. The van der Waals surface area contributed by atoms with Crippen LogP contribution in [0.4, 0.5) is 0 Å². The van der Waals surface area contributed by atoms with Crippen LogP contribution in [0.5, 0.6) is 0 Å². The number of aliphatic carboxylic acids is 1. The average Bonchev–Trinajstić information content (AvgIpc) is 2.24. The van der Waals surface area contributed by atoms with Gasteiger partial charge in [-0.1, -0.05) is 24.3 Å². The fourth-order valence-electron chi connectivity index (χ4n) is 2.06. The Balaban J connectivity index is 2.63. The molecule has 0 spiro atoms. The van der Waals surface area contributed by atoms with Crippen LogP contribution in [0.1, 0.15) is 35.7 Å². The first-order chi connectivity index (χ1) is 7.05. The van der Waals surface area contributed by atoms with Gasteiger partial charge in [-0.2, -0.15) is 0 Å². The Bertz CT molecular complexity index is 436. The number of carboxylic acid groups (broad SMARTS) is 1. The zero-order chi connectivity index (χ0) is 11.1. The normalized spacial score (nSPS) is 24.7. The summed E-state index contributed by atoms with van der Waals surface area (Å²) in [5.74, 6) is -0.813. The van der Waals surface area contributed by atoms with Gasteiger partial charge in [-0.3, -0.25) is 9.59 Å². The molecule has 15 heavy (non-hydrogen) atoms. The first-order valence-electron chi connectivity index (χ1n) is 4.92. The molecule has 0 amide bonds. The smallest absolute Gasteiger partial charge is 0.313 e. The number of Topliss-reactive ketones (excluding diaryl/α,β-unsaturated/α-hetero) is 1. The van der Waals surface area contributed by atoms with Gasteiger partial charge in [0.15, 0.2) is 5.78 Å². The minimum Gasteiger partial charge on any atom is -0.481 e. The molecule has 0 bridgehead atoms. The largest absolute Gasteiger partial charge is 0.481 e. The molecular weight excluding hydrogens is 192 g/mol. The van der Waals surface area contributed by atoms with Crippen molar-refractivity contribution in [3.63, 3.8) is 0 Å². The number of carbonyl (C=O) groups is 2. The Morgan fingerprint density at radius 3 is 2.73 bits per heavy atom. The summed E-state index contributed by atoms with van der Waals surface area (Å²) >= 11 is 0. The van der Waals surface area contributed by atoms with Crippen LogP contribution >= 0.6 is 0 Å². The molecule has 1 aromatic carbocycles. The van der Waals surface area contributed by atoms with E-state index in [1.54, 1.807) is 31.2 Å². The molecule has 0 radical (unpaired) electrons. The van der Waals surface area contributed by atoms with E-state index in [9.17, 15) is 14.7 Å². The topological polar surface area (TPSA) is 54.4 Å². The van der Waals surface area contributed by atoms with Gasteiger partial charge in [0.1, 0.15) is 0 Å². The number of benzene rings is 1. The molecule has 0 unspecified atom stereocenters. The van der Waals surface area contributed by atoms with E-state index < -0.39 is 11.4 Å². The third kappa shape index (κ3) is 1.35. The van der Waals surface area contributed by atoms with E-state index >= 15 is 0 Å². The Morgan fingerprint density at radius 1 is 1.40 bits per heavy atom. The predicted octanol–water partition coefficient (Wildman–Crippen LogP) is 2.01. The van der Waals surface area contributed by atoms with Crippen LogP contribution < -0.4 is 0 Å². The zero-order valence-corrected chi connectivity index (χ0v) is 8.49. The van der Waals surface area contributed by atoms with Crippen LogP contribution in [0.2, 0.25) is 0 Å². The molecule has 0 heterocycles. The summed E-state index contributed by atoms with van der Waals surface area (Å²) < 4.78 is 0. The fraction of sp³-hybridized carbons (Fsp3) is 0.333. The molecule has 2 rings (SSSR count). The molecule has 1 atom stereocenters. The lowest BCUT2D eigenvalue weighted by atomic mass is 9.71. The monoisotopic (exact) mass is 204 g/mol. The van der Waals surface area contributed by atoms with Crippen molar-refractivity contribution < 1.29 is 14.7 Å². The van der Waals surface area contributed by atoms with E-state index in [0.717, 1.165) is 0 Å². The zero-order valence-electron chi connectivity index (χ0n) is 8.49. The SMILES string of the molecule is C[C@]1(C(=O)O)CCC(=O)c2ccccc21. The van der Waals surface area contributed by atoms with Crippen LogP contribution in [-0.2, 0) is 10.2 Å². The predicted molar refractivity (Wildman–Crippen MR) is 55.0 cm³/mol. The van der Waals surface area contributed by atoms with Crippen molar-refractivity contribution in [3.05, 3.63) is 35.4 Å². The van der Waals surface area contributed by atoms with Crippen LogP contribution in [0.15, 0.2) is 24.3 Å². The lowest BCUT2D eigenvalue weighted by molar-refractivity contribution is -0.143. The van der Waals surface area contributed by atoms with Gasteiger partial charge < -0.3 is 5.11 Å². The van der Waals surface area contributed by atoms with Crippen LogP contribution in [0, 0.1) is 0 Å². The summed E-state index contributed by atoms with van der Waals surface area (Å²) in [4.78, 5) is 22.8. The minimum atomic E-state index is -0.912. The molecule has 1 N–H and O–H groups in total. The molecule has 0 aliphatic heterocycles. The Kier molecular flexibility index (Phi) is 2.11. The quantitative estimate of drug-likeness (QED) is 0.761. The second-order valence-corrected chi connectivity index (χ2v) is 4.11. The number of rotatable bonds is 1. The molecule has 0 fully saturated rings. The molecule has 3 heteroatoms. The molecule has 0 saturated carbocycles. The van der Waals surface area contributed by atoms with E-state index in [0.29, 0.717) is 24.0 Å². The number of carboxylic acids is 1. The van der Waals surface area contributed by atoms with E-state index in [2.05, 4.69) is 0 Å². The van der Waals surface area contributed by atoms with Crippen molar-refractivity contribution in [2.75, 3.05) is 0 Å². The van der Waals surface area contributed by atoms with Crippen molar-refractivity contribution in [2.24, 2.45) is 0 Å². The summed E-state index contributed by atoms with van der Waals surface area (Å²) in [6.07, 6.45) is 0.706. The molecule has 1 aliphatic rings. The van der Waals surface area contributed by atoms with E-state index in [1.807, 2.05) is 0 Å². The summed E-state index contributed by atoms with van der Waals surface area (Å²) in [6, 6.07) is 6.99. The maximum Gasteiger partial charge on any atom is 0.313 e. The summed E-state index contributed by atoms with van der Waals surface area (Å²) in [5, 5.41) is 9.22. The van der Waals surface area contributed by atoms with Crippen molar-refractivity contribution in [3.8, 4) is 0 Å². The summed E-state index contributed by atoms with van der Waals surface area (Å²) in [6.45, 7) is 1.68. The first kappa shape index (κ1) is 9.90. The summed E-state index contributed by atoms with van der Waals surface area (Å²) in [7, 11) is 0. The highest BCUT2D eigenvalue weighted by Gasteiger charge is 2.41. The van der Waals surface area contributed by atoms with Crippen LogP contribution in [0.3, 0.4) is 0 Å². The maximum atomic E-state index is 11.6. The van der Waals surface area contributed by atoms with Gasteiger partial charge in [-0.05, 0) is 18.9 Å². The van der Waals surface area contributed by atoms with Crippen LogP contribution in [0.25, 0.3) is 0 Å². The second-order valence-electron chi connectivity index (χ2n) is 4.11. The van der Waals surface area contributed by atoms with E-state index in [-0.39, 0.29) is 5.78 Å². The van der Waals surface area contributed by atoms with Gasteiger partial charge in [0.25, 0.3) is 0 Å². The number of ketones is 1. The van der Waals surface area contributed by atoms with Crippen molar-refractivity contribution >= 4 is 11.8 Å². The minimum absolute atomic E-state index is 0.0457. The number of hydrogen-bond acceptors (Lipinski definition) is 2. The van der Waals surface area contributed by atoms with E-state index in [1.165, 1.54) is 0 Å². The van der Waals surface area contributed by atoms with Crippen molar-refractivity contribution in [2.45, 2.75) is 25.2 Å². The fourth-order valence-corrected chi connectivity index (χ4v) is 2.06. The number of hydrogen-bond donors (Lipinski definition) is 1. The molecule has 0 saturated heterocycles. The number of carbonyl (C=O) groups excluding carboxylic acids is 1. The molecule has 3 nitrogen and oxygen atoms in total. The lowest BCUT2D eigenvalue weighted by Crippen LogP contribution is -2.37. The van der Waals surface area contributed by atoms with Gasteiger partial charge in [0.05, 0.1) is 5.41 Å². The van der Waals surface area contributed by atoms with Crippen LogP contribution in [-0.4, -0.2) is 16.9 Å². The van der Waals surface area contributed by atoms with Gasteiger partial charge in [-0.25, -0.2) is 0 Å². The second kappa shape index (κ2) is 3.19. The van der Waals surface area contributed by atoms with Gasteiger partial charge in [0, 0.05) is 12.0 Å². The average molecular weight is 204 g/mol. The highest BCUT2D eigenvalue weighted by atomic mass is 16.4. The lowest BCUT2D eigenvalue weighted by Gasteiger charge is -2.31. The Morgan fingerprint density at radius 2 is 2.07 bits per heavy atom. The van der Waals surface area contributed by atoms with Gasteiger partial charge in [0.2, 0.25) is 0 Å². The van der Waals surface area contributed by atoms with Gasteiger partial charge in [-0.15, -0.1) is 0 Å². The van der Waals surface area contributed by atoms with Gasteiger partial charge >= 0.3 is 5.97 Å². The summed E-state index contributed by atoms with van der Waals surface area (Å²) in [5.41, 5.74) is 0.298. The highest BCUT2D eigenvalue weighted by molar-refractivity contribution is 6.02.